The summed E-state index contributed by atoms with van der Waals surface area (Å²) in [5, 5.41) is 5.41. The number of H-pyrrole nitrogens is 2. The maximum atomic E-state index is 13.8. The van der Waals surface area contributed by atoms with Crippen LogP contribution in [0, 0.1) is 17.8 Å². The molecule has 6 unspecified atom stereocenters. The monoisotopic (exact) mass is 836 g/mol. The molecule has 0 bridgehead atoms. The minimum atomic E-state index is -0.738. The normalized spacial score (nSPS) is 16.8. The molecule has 6 atom stereocenters. The number of aromatic amines is 2. The van der Waals surface area contributed by atoms with Gasteiger partial charge in [-0.15, -0.1) is 0 Å². The SMILES string of the molecule is C=C1C(c2ccc(-c3cnc(C(C)N(CCC)C(=O)C(NC(=O)OC)C(C)C)[nH]3)cc2)C1c1ccc(-c2cnc(C(C)N(CC(C)C)C(=O)C(NC(=O)OC)C(C)C)[nH]2)cc1. The minimum Gasteiger partial charge on any atom is -0.453 e. The summed E-state index contributed by atoms with van der Waals surface area (Å²) in [6, 6.07) is 14.7. The molecule has 0 aliphatic heterocycles. The molecule has 0 spiro atoms. The number of allylic oxidation sites excluding steroid dienone is 1. The van der Waals surface area contributed by atoms with Gasteiger partial charge in [0.15, 0.2) is 0 Å². The molecule has 0 saturated heterocycles. The molecule has 4 aromatic rings. The van der Waals surface area contributed by atoms with E-state index in [1.54, 1.807) is 22.2 Å². The van der Waals surface area contributed by atoms with Crippen LogP contribution in [0.25, 0.3) is 22.5 Å². The number of aromatic nitrogens is 4. The summed E-state index contributed by atoms with van der Waals surface area (Å²) in [5.41, 5.74) is 7.17. The van der Waals surface area contributed by atoms with Crippen molar-refractivity contribution in [1.82, 2.24) is 40.4 Å². The van der Waals surface area contributed by atoms with Crippen molar-refractivity contribution in [3.63, 3.8) is 0 Å². The number of nitrogens with one attached hydrogen (secondary N) is 4. The van der Waals surface area contributed by atoms with E-state index in [0.717, 1.165) is 34.5 Å². The highest BCUT2D eigenvalue weighted by Gasteiger charge is 2.44. The van der Waals surface area contributed by atoms with E-state index >= 15 is 0 Å². The number of carbonyl (C=O) groups excluding carboxylic acids is 4. The zero-order valence-corrected chi connectivity index (χ0v) is 37.5. The van der Waals surface area contributed by atoms with E-state index in [1.807, 2.05) is 48.5 Å². The second kappa shape index (κ2) is 20.1. The Kier molecular flexibility index (Phi) is 15.2. The number of methoxy groups -OCH3 is 2. The van der Waals surface area contributed by atoms with Crippen molar-refractivity contribution in [2.24, 2.45) is 17.8 Å². The van der Waals surface area contributed by atoms with Gasteiger partial charge < -0.3 is 39.9 Å². The van der Waals surface area contributed by atoms with Crippen LogP contribution in [0.15, 0.2) is 73.1 Å². The second-order valence-corrected chi connectivity index (χ2v) is 17.1. The number of alkyl carbamates (subject to hydrolysis) is 2. The van der Waals surface area contributed by atoms with Crippen molar-refractivity contribution in [1.29, 1.82) is 0 Å². The van der Waals surface area contributed by atoms with Crippen molar-refractivity contribution in [3.05, 3.63) is 95.9 Å². The largest absolute Gasteiger partial charge is 0.453 e. The maximum absolute atomic E-state index is 13.8. The van der Waals surface area contributed by atoms with Crippen LogP contribution >= 0.6 is 0 Å². The van der Waals surface area contributed by atoms with Gasteiger partial charge in [-0.1, -0.05) is 109 Å². The topological polar surface area (TPSA) is 175 Å². The first-order valence-corrected chi connectivity index (χ1v) is 21.3. The lowest BCUT2D eigenvalue weighted by Crippen LogP contribution is -2.52. The van der Waals surface area contributed by atoms with Crippen LogP contribution in [0.2, 0.25) is 0 Å². The van der Waals surface area contributed by atoms with Crippen molar-refractivity contribution >= 4 is 24.0 Å². The van der Waals surface area contributed by atoms with Crippen molar-refractivity contribution in [2.45, 2.75) is 105 Å². The van der Waals surface area contributed by atoms with Crippen molar-refractivity contribution in [2.75, 3.05) is 27.3 Å². The van der Waals surface area contributed by atoms with Gasteiger partial charge in [0.2, 0.25) is 11.8 Å². The Bertz CT molecular complexity index is 2140. The molecule has 2 aromatic carbocycles. The van der Waals surface area contributed by atoms with E-state index in [1.165, 1.54) is 25.3 Å². The summed E-state index contributed by atoms with van der Waals surface area (Å²) in [7, 11) is 2.57. The third kappa shape index (κ3) is 10.7. The van der Waals surface area contributed by atoms with Gasteiger partial charge in [0.05, 0.1) is 50.1 Å². The average Bonchev–Trinajstić information content (AvgIpc) is 3.57. The molecule has 4 N–H and O–H groups in total. The number of rotatable bonds is 18. The summed E-state index contributed by atoms with van der Waals surface area (Å²) < 4.78 is 9.57. The Hall–Kier alpha value is -5.92. The summed E-state index contributed by atoms with van der Waals surface area (Å²) in [5.74, 6) is 1.28. The Labute approximate surface area is 360 Å². The first-order chi connectivity index (χ1) is 29.0. The third-order valence-corrected chi connectivity index (χ3v) is 11.5. The summed E-state index contributed by atoms with van der Waals surface area (Å²) in [4.78, 5) is 71.4. The van der Waals surface area contributed by atoms with E-state index in [2.05, 4.69) is 99.5 Å². The molecular weight excluding hydrogens is 773 g/mol. The average molecular weight is 837 g/mol. The molecule has 2 heterocycles. The highest BCUT2D eigenvalue weighted by atomic mass is 16.5. The molecule has 328 valence electrons. The second-order valence-electron chi connectivity index (χ2n) is 17.1. The summed E-state index contributed by atoms with van der Waals surface area (Å²) in [6.45, 7) is 23.0. The zero-order chi connectivity index (χ0) is 44.7. The van der Waals surface area contributed by atoms with E-state index in [9.17, 15) is 19.2 Å². The van der Waals surface area contributed by atoms with Gasteiger partial charge in [-0.25, -0.2) is 19.6 Å². The first-order valence-electron chi connectivity index (χ1n) is 21.3. The van der Waals surface area contributed by atoms with Gasteiger partial charge in [-0.2, -0.15) is 0 Å². The third-order valence-electron chi connectivity index (χ3n) is 11.5. The summed E-state index contributed by atoms with van der Waals surface area (Å²) >= 11 is 0. The van der Waals surface area contributed by atoms with Crippen LogP contribution < -0.4 is 10.6 Å². The molecule has 1 fully saturated rings. The van der Waals surface area contributed by atoms with Crippen LogP contribution in [0.3, 0.4) is 0 Å². The number of hydrogen-bond donors (Lipinski definition) is 4. The van der Waals surface area contributed by atoms with Crippen molar-refractivity contribution < 1.29 is 28.7 Å². The Morgan fingerprint density at radius 1 is 0.672 bits per heavy atom. The fourth-order valence-electron chi connectivity index (χ4n) is 7.88. The maximum Gasteiger partial charge on any atom is 0.407 e. The molecule has 1 aliphatic rings. The molecule has 2 aromatic heterocycles. The number of nitrogens with zero attached hydrogens (tertiary/aromatic N) is 4. The zero-order valence-electron chi connectivity index (χ0n) is 37.5. The lowest BCUT2D eigenvalue weighted by molar-refractivity contribution is -0.138. The smallest absolute Gasteiger partial charge is 0.407 e. The molecule has 14 heteroatoms. The van der Waals surface area contributed by atoms with Gasteiger partial charge in [0.25, 0.3) is 0 Å². The first kappa shape index (κ1) is 46.2. The van der Waals surface area contributed by atoms with Gasteiger partial charge in [0.1, 0.15) is 23.7 Å². The van der Waals surface area contributed by atoms with E-state index in [0.29, 0.717) is 24.7 Å². The number of amides is 4. The number of benzene rings is 2. The lowest BCUT2D eigenvalue weighted by Gasteiger charge is -2.34. The Morgan fingerprint density at radius 2 is 1.07 bits per heavy atom. The van der Waals surface area contributed by atoms with Gasteiger partial charge in [-0.05, 0) is 60.3 Å². The standard InChI is InChI=1S/C47H64N8O6/c1-13-22-54(44(56)40(27(4)5)52-46(58)60-11)30(9)42-48-23-36(50-42)32-14-18-34(19-15-32)38-29(8)39(38)35-20-16-33(17-21-35)37-24-49-43(51-37)31(10)55(25-26(2)3)45(57)41(28(6)7)53-47(59)61-12/h14-21,23-24,26-28,30-31,38-41H,8,13,22,25H2,1-7,9-12H3,(H,48,50)(H,49,51)(H,52,58)(H,53,59). The van der Waals surface area contributed by atoms with E-state index in [-0.39, 0.29) is 53.5 Å². The molecule has 0 radical (unpaired) electrons. The van der Waals surface area contributed by atoms with E-state index < -0.39 is 24.3 Å². The van der Waals surface area contributed by atoms with Crippen LogP contribution in [-0.2, 0) is 19.1 Å². The number of carbonyl (C=O) groups is 4. The molecule has 4 amide bonds. The van der Waals surface area contributed by atoms with Gasteiger partial charge in [-0.3, -0.25) is 9.59 Å². The number of imidazole rings is 2. The molecule has 1 aliphatic carbocycles. The minimum absolute atomic E-state index is 0.133. The molecule has 1 saturated carbocycles. The predicted octanol–water partition coefficient (Wildman–Crippen LogP) is 8.51. The van der Waals surface area contributed by atoms with Crippen molar-refractivity contribution in [3.8, 4) is 22.5 Å². The fourth-order valence-corrected chi connectivity index (χ4v) is 7.88. The predicted molar refractivity (Wildman–Crippen MR) is 236 cm³/mol. The van der Waals surface area contributed by atoms with Crippen LogP contribution in [0.4, 0.5) is 9.59 Å². The molecule has 61 heavy (non-hydrogen) atoms. The molecule has 14 nitrogen and oxygen atoms in total. The highest BCUT2D eigenvalue weighted by Crippen LogP contribution is 2.59. The summed E-state index contributed by atoms with van der Waals surface area (Å²) in [6.07, 6.45) is 3.06. The van der Waals surface area contributed by atoms with Gasteiger partial charge in [0, 0.05) is 24.9 Å². The Balaban J connectivity index is 1.25. The quantitative estimate of drug-likeness (QED) is 0.0722. The van der Waals surface area contributed by atoms with Gasteiger partial charge >= 0.3 is 12.2 Å². The van der Waals surface area contributed by atoms with E-state index in [4.69, 9.17) is 9.47 Å². The Morgan fingerprint density at radius 3 is 1.43 bits per heavy atom. The molecular formula is C47H64N8O6. The van der Waals surface area contributed by atoms with Crippen LogP contribution in [-0.4, -0.2) is 93.1 Å². The highest BCUT2D eigenvalue weighted by molar-refractivity contribution is 5.87. The lowest BCUT2D eigenvalue weighted by atomic mass is 10.0. The number of hydrogen-bond acceptors (Lipinski definition) is 8. The fraction of sp³-hybridized carbons (Fsp3) is 0.489. The van der Waals surface area contributed by atoms with Crippen LogP contribution in [0.1, 0.15) is 115 Å². The number of ether oxygens (including phenoxy) is 2. The molecule has 5 rings (SSSR count). The van der Waals surface area contributed by atoms with Crippen LogP contribution in [0.5, 0.6) is 0 Å².